The minimum absolute atomic E-state index is 0.0912. The van der Waals surface area contributed by atoms with E-state index in [4.69, 9.17) is 9.84 Å². The zero-order valence-electron chi connectivity index (χ0n) is 12.5. The third kappa shape index (κ3) is 3.11. The molecule has 2 rings (SSSR count). The lowest BCUT2D eigenvalue weighted by Crippen LogP contribution is -1.98. The van der Waals surface area contributed by atoms with Crippen molar-refractivity contribution in [3.63, 3.8) is 0 Å². The van der Waals surface area contributed by atoms with Gasteiger partial charge in [0.1, 0.15) is 5.75 Å². The van der Waals surface area contributed by atoms with E-state index in [0.717, 1.165) is 22.3 Å². The van der Waals surface area contributed by atoms with Gasteiger partial charge < -0.3 is 20.1 Å². The molecule has 0 saturated heterocycles. The summed E-state index contributed by atoms with van der Waals surface area (Å²) < 4.78 is 5.09. The first-order valence-corrected chi connectivity index (χ1v) is 6.75. The van der Waals surface area contributed by atoms with Crippen molar-refractivity contribution in [3.8, 4) is 17.2 Å². The number of hydrogen-bond donors (Lipinski definition) is 3. The Hall–Kier alpha value is -2.20. The van der Waals surface area contributed by atoms with E-state index in [1.165, 1.54) is 7.11 Å². The molecule has 0 aliphatic carbocycles. The topological polar surface area (TPSA) is 69.9 Å². The van der Waals surface area contributed by atoms with E-state index < -0.39 is 0 Å². The lowest BCUT2D eigenvalue weighted by molar-refractivity contribution is 0.275. The molecule has 0 aromatic heterocycles. The van der Waals surface area contributed by atoms with E-state index in [1.54, 1.807) is 24.3 Å². The Morgan fingerprint density at radius 1 is 0.857 bits per heavy atom. The standard InChI is InChI=1S/C17H20O4/c1-10-4-14(9-18)15(19)7-12(10)6-13-8-16(20)17(21-3)5-11(13)2/h4-5,7-8,18-20H,6,9H2,1-3H3. The minimum Gasteiger partial charge on any atom is -0.508 e. The second-order valence-electron chi connectivity index (χ2n) is 5.19. The number of hydrogen-bond acceptors (Lipinski definition) is 4. The van der Waals surface area contributed by atoms with Crippen LogP contribution in [0.2, 0.25) is 0 Å². The van der Waals surface area contributed by atoms with Crippen LogP contribution in [-0.4, -0.2) is 22.4 Å². The van der Waals surface area contributed by atoms with Gasteiger partial charge in [-0.15, -0.1) is 0 Å². The molecule has 0 fully saturated rings. The summed E-state index contributed by atoms with van der Waals surface area (Å²) in [5.41, 5.74) is 4.44. The third-order valence-electron chi connectivity index (χ3n) is 3.73. The average molecular weight is 288 g/mol. The number of benzene rings is 2. The van der Waals surface area contributed by atoms with E-state index in [2.05, 4.69) is 0 Å². The fourth-order valence-corrected chi connectivity index (χ4v) is 2.39. The van der Waals surface area contributed by atoms with Crippen LogP contribution in [0.1, 0.15) is 27.8 Å². The van der Waals surface area contributed by atoms with Crippen LogP contribution in [0.15, 0.2) is 24.3 Å². The largest absolute Gasteiger partial charge is 0.508 e. The maximum atomic E-state index is 9.89. The van der Waals surface area contributed by atoms with Gasteiger partial charge in [0, 0.05) is 5.56 Å². The van der Waals surface area contributed by atoms with Crippen molar-refractivity contribution < 1.29 is 20.1 Å². The summed E-state index contributed by atoms with van der Waals surface area (Å²) in [6, 6.07) is 6.93. The van der Waals surface area contributed by atoms with Crippen molar-refractivity contribution in [2.75, 3.05) is 7.11 Å². The average Bonchev–Trinajstić information content (AvgIpc) is 2.45. The molecule has 0 amide bonds. The Labute approximate surface area is 124 Å². The fraction of sp³-hybridized carbons (Fsp3) is 0.294. The molecule has 0 radical (unpaired) electrons. The van der Waals surface area contributed by atoms with Crippen LogP contribution >= 0.6 is 0 Å². The monoisotopic (exact) mass is 288 g/mol. The Balaban J connectivity index is 2.39. The molecular formula is C17H20O4. The van der Waals surface area contributed by atoms with E-state index >= 15 is 0 Å². The number of methoxy groups -OCH3 is 1. The molecule has 0 unspecified atom stereocenters. The summed E-state index contributed by atoms with van der Waals surface area (Å²) in [6.07, 6.45) is 0.592. The fourth-order valence-electron chi connectivity index (χ4n) is 2.39. The number of ether oxygens (including phenoxy) is 1. The van der Waals surface area contributed by atoms with Gasteiger partial charge in [0.05, 0.1) is 13.7 Å². The van der Waals surface area contributed by atoms with Gasteiger partial charge in [-0.25, -0.2) is 0 Å². The summed E-state index contributed by atoms with van der Waals surface area (Å²) in [5, 5.41) is 28.9. The molecule has 0 heterocycles. The summed E-state index contributed by atoms with van der Waals surface area (Å²) in [5.74, 6) is 0.645. The molecule has 0 bridgehead atoms. The number of phenols is 2. The van der Waals surface area contributed by atoms with E-state index in [9.17, 15) is 10.2 Å². The lowest BCUT2D eigenvalue weighted by Gasteiger charge is -2.13. The van der Waals surface area contributed by atoms with Crippen molar-refractivity contribution in [3.05, 3.63) is 52.1 Å². The number of aryl methyl sites for hydroxylation is 2. The van der Waals surface area contributed by atoms with Crippen LogP contribution in [-0.2, 0) is 13.0 Å². The second kappa shape index (κ2) is 6.06. The zero-order chi connectivity index (χ0) is 15.6. The molecule has 0 atom stereocenters. The van der Waals surface area contributed by atoms with Gasteiger partial charge in [-0.3, -0.25) is 0 Å². The minimum atomic E-state index is -0.185. The molecule has 3 N–H and O–H groups in total. The molecule has 2 aromatic rings. The summed E-state index contributed by atoms with van der Waals surface area (Å²) in [7, 11) is 1.52. The molecule has 112 valence electrons. The second-order valence-corrected chi connectivity index (χ2v) is 5.19. The summed E-state index contributed by atoms with van der Waals surface area (Å²) in [6.45, 7) is 3.70. The van der Waals surface area contributed by atoms with E-state index in [-0.39, 0.29) is 18.1 Å². The third-order valence-corrected chi connectivity index (χ3v) is 3.73. The SMILES string of the molecule is COc1cc(C)c(Cc2cc(O)c(CO)cc2C)cc1O. The van der Waals surface area contributed by atoms with Crippen LogP contribution in [0.5, 0.6) is 17.2 Å². The highest BCUT2D eigenvalue weighted by Crippen LogP contribution is 2.31. The van der Waals surface area contributed by atoms with Crippen LogP contribution in [0.25, 0.3) is 0 Å². The summed E-state index contributed by atoms with van der Waals surface area (Å²) >= 11 is 0. The molecule has 0 spiro atoms. The highest BCUT2D eigenvalue weighted by molar-refractivity contribution is 5.49. The summed E-state index contributed by atoms with van der Waals surface area (Å²) in [4.78, 5) is 0. The maximum absolute atomic E-state index is 9.89. The van der Waals surface area contributed by atoms with Gasteiger partial charge in [0.15, 0.2) is 11.5 Å². The van der Waals surface area contributed by atoms with Gasteiger partial charge in [0.25, 0.3) is 0 Å². The normalized spacial score (nSPS) is 10.7. The molecular weight excluding hydrogens is 268 g/mol. The highest BCUT2D eigenvalue weighted by atomic mass is 16.5. The predicted molar refractivity (Wildman–Crippen MR) is 81.0 cm³/mol. The maximum Gasteiger partial charge on any atom is 0.160 e. The van der Waals surface area contributed by atoms with Gasteiger partial charge >= 0.3 is 0 Å². The number of phenolic OH excluding ortho intramolecular Hbond substituents is 1. The molecule has 0 aliphatic heterocycles. The predicted octanol–water partition coefficient (Wildman–Crippen LogP) is 2.81. The zero-order valence-corrected chi connectivity index (χ0v) is 12.5. The number of aliphatic hydroxyl groups is 1. The Morgan fingerprint density at radius 3 is 2.00 bits per heavy atom. The Bertz CT molecular complexity index is 605. The van der Waals surface area contributed by atoms with Gasteiger partial charge in [-0.2, -0.15) is 0 Å². The Kier molecular flexibility index (Phi) is 4.38. The number of aromatic hydroxyl groups is 2. The van der Waals surface area contributed by atoms with Gasteiger partial charge in [0.2, 0.25) is 0 Å². The smallest absolute Gasteiger partial charge is 0.160 e. The van der Waals surface area contributed by atoms with Crippen molar-refractivity contribution in [1.82, 2.24) is 0 Å². The van der Waals surface area contributed by atoms with Gasteiger partial charge in [-0.05, 0) is 66.8 Å². The first-order valence-electron chi connectivity index (χ1n) is 6.75. The van der Waals surface area contributed by atoms with Crippen LogP contribution < -0.4 is 4.74 Å². The van der Waals surface area contributed by atoms with Gasteiger partial charge in [-0.1, -0.05) is 0 Å². The molecule has 4 heteroatoms. The van der Waals surface area contributed by atoms with Crippen LogP contribution in [0, 0.1) is 13.8 Å². The van der Waals surface area contributed by atoms with Crippen LogP contribution in [0.3, 0.4) is 0 Å². The molecule has 4 nitrogen and oxygen atoms in total. The Morgan fingerprint density at radius 2 is 1.43 bits per heavy atom. The lowest BCUT2D eigenvalue weighted by atomic mass is 9.95. The quantitative estimate of drug-likeness (QED) is 0.809. The number of aliphatic hydroxyl groups excluding tert-OH is 1. The van der Waals surface area contributed by atoms with Crippen molar-refractivity contribution in [2.24, 2.45) is 0 Å². The molecule has 21 heavy (non-hydrogen) atoms. The molecule has 2 aromatic carbocycles. The highest BCUT2D eigenvalue weighted by Gasteiger charge is 2.11. The first-order chi connectivity index (χ1) is 9.96. The first kappa shape index (κ1) is 15.2. The van der Waals surface area contributed by atoms with E-state index in [0.29, 0.717) is 17.7 Å². The van der Waals surface area contributed by atoms with Crippen molar-refractivity contribution in [1.29, 1.82) is 0 Å². The van der Waals surface area contributed by atoms with Crippen LogP contribution in [0.4, 0.5) is 0 Å². The molecule has 0 saturated carbocycles. The van der Waals surface area contributed by atoms with E-state index in [1.807, 2.05) is 13.8 Å². The molecule has 0 aliphatic rings. The number of rotatable bonds is 4. The van der Waals surface area contributed by atoms with Crippen molar-refractivity contribution in [2.45, 2.75) is 26.9 Å². The van der Waals surface area contributed by atoms with Crippen molar-refractivity contribution >= 4 is 0 Å².